The topological polar surface area (TPSA) is 49.4 Å². The molecule has 1 aromatic carbocycles. The highest BCUT2D eigenvalue weighted by Crippen LogP contribution is 2.36. The third-order valence-electron chi connectivity index (χ3n) is 5.88. The summed E-state index contributed by atoms with van der Waals surface area (Å²) in [7, 11) is -3.38. The average molecular weight is 429 g/mol. The fourth-order valence-electron chi connectivity index (χ4n) is 4.09. The monoisotopic (exact) mass is 428 g/mol. The highest BCUT2D eigenvalue weighted by atomic mass is 32.2. The zero-order valence-electron chi connectivity index (χ0n) is 17.3. The molecule has 2 aromatic rings. The molecule has 1 aliphatic carbocycles. The third kappa shape index (κ3) is 4.06. The van der Waals surface area contributed by atoms with Gasteiger partial charge in [0.2, 0.25) is 0 Å². The van der Waals surface area contributed by atoms with Crippen molar-refractivity contribution in [3.8, 4) is 10.4 Å². The number of rotatable bonds is 5. The molecule has 0 radical (unpaired) electrons. The van der Waals surface area contributed by atoms with Crippen LogP contribution in [0.4, 0.5) is 5.69 Å². The Morgan fingerprint density at radius 1 is 0.966 bits per heavy atom. The molecule has 1 N–H and O–H groups in total. The van der Waals surface area contributed by atoms with Gasteiger partial charge in [-0.05, 0) is 81.0 Å². The Bertz CT molecular complexity index is 1090. The molecule has 4 nitrogen and oxygen atoms in total. The Balaban J connectivity index is 1.58. The van der Waals surface area contributed by atoms with Gasteiger partial charge in [-0.1, -0.05) is 24.1 Å². The van der Waals surface area contributed by atoms with Crippen molar-refractivity contribution in [1.29, 1.82) is 0 Å². The Morgan fingerprint density at radius 3 is 2.41 bits per heavy atom. The SMILES string of the molecule is CC1=C(C)C(Nc2cccc(-c3ccc(S(=O)(=O)N4CCCCC4)s3)c2)=C(C)C1. The number of allylic oxidation sites excluding steroid dienone is 3. The van der Waals surface area contributed by atoms with E-state index in [2.05, 4.69) is 38.2 Å². The van der Waals surface area contributed by atoms with Crippen LogP contribution in [0.15, 0.2) is 63.0 Å². The van der Waals surface area contributed by atoms with Crippen LogP contribution in [-0.4, -0.2) is 25.8 Å². The minimum absolute atomic E-state index is 0.441. The summed E-state index contributed by atoms with van der Waals surface area (Å²) in [5.74, 6) is 0. The summed E-state index contributed by atoms with van der Waals surface area (Å²) in [6.07, 6.45) is 4.05. The van der Waals surface area contributed by atoms with Gasteiger partial charge in [0.1, 0.15) is 4.21 Å². The molecule has 0 unspecified atom stereocenters. The van der Waals surface area contributed by atoms with Crippen LogP contribution in [0, 0.1) is 0 Å². The second-order valence-electron chi connectivity index (χ2n) is 8.03. The van der Waals surface area contributed by atoms with E-state index in [1.54, 1.807) is 10.4 Å². The quantitative estimate of drug-likeness (QED) is 0.634. The highest BCUT2D eigenvalue weighted by Gasteiger charge is 2.27. The van der Waals surface area contributed by atoms with Crippen molar-refractivity contribution in [3.63, 3.8) is 0 Å². The first-order valence-electron chi connectivity index (χ1n) is 10.2. The number of hydrogen-bond donors (Lipinski definition) is 1. The zero-order valence-corrected chi connectivity index (χ0v) is 18.9. The van der Waals surface area contributed by atoms with Crippen LogP contribution >= 0.6 is 11.3 Å². The maximum absolute atomic E-state index is 12.9. The first kappa shape index (κ1) is 20.4. The van der Waals surface area contributed by atoms with Gasteiger partial charge >= 0.3 is 0 Å². The Morgan fingerprint density at radius 2 is 1.72 bits per heavy atom. The van der Waals surface area contributed by atoms with Crippen LogP contribution in [0.1, 0.15) is 46.5 Å². The van der Waals surface area contributed by atoms with E-state index in [0.29, 0.717) is 17.3 Å². The molecule has 1 saturated heterocycles. The van der Waals surface area contributed by atoms with E-state index in [0.717, 1.165) is 41.8 Å². The molecule has 0 spiro atoms. The summed E-state index contributed by atoms with van der Waals surface area (Å²) >= 11 is 1.36. The Labute approximate surface area is 178 Å². The molecule has 0 bridgehead atoms. The van der Waals surface area contributed by atoms with Gasteiger partial charge in [-0.2, -0.15) is 4.31 Å². The number of benzene rings is 1. The number of anilines is 1. The van der Waals surface area contributed by atoms with Gasteiger partial charge in [-0.3, -0.25) is 0 Å². The predicted molar refractivity (Wildman–Crippen MR) is 122 cm³/mol. The predicted octanol–water partition coefficient (Wildman–Crippen LogP) is 6.02. The van der Waals surface area contributed by atoms with Crippen LogP contribution in [0.2, 0.25) is 0 Å². The largest absolute Gasteiger partial charge is 0.355 e. The molecule has 2 heterocycles. The van der Waals surface area contributed by atoms with E-state index in [9.17, 15) is 8.42 Å². The lowest BCUT2D eigenvalue weighted by molar-refractivity contribution is 0.347. The van der Waals surface area contributed by atoms with Gasteiger partial charge in [0.05, 0.1) is 0 Å². The van der Waals surface area contributed by atoms with Crippen LogP contribution in [-0.2, 0) is 10.0 Å². The molecular formula is C23H28N2O2S2. The van der Waals surface area contributed by atoms with Crippen molar-refractivity contribution in [2.75, 3.05) is 18.4 Å². The van der Waals surface area contributed by atoms with Crippen LogP contribution in [0.25, 0.3) is 10.4 Å². The number of nitrogens with one attached hydrogen (secondary N) is 1. The minimum Gasteiger partial charge on any atom is -0.355 e. The summed E-state index contributed by atoms with van der Waals surface area (Å²) in [6.45, 7) is 7.78. The van der Waals surface area contributed by atoms with E-state index >= 15 is 0 Å². The molecular weight excluding hydrogens is 400 g/mol. The second-order valence-corrected chi connectivity index (χ2v) is 11.3. The van der Waals surface area contributed by atoms with E-state index in [1.807, 2.05) is 18.2 Å². The van der Waals surface area contributed by atoms with Crippen LogP contribution in [0.3, 0.4) is 0 Å². The van der Waals surface area contributed by atoms with Crippen molar-refractivity contribution < 1.29 is 8.42 Å². The average Bonchev–Trinajstić information content (AvgIpc) is 3.31. The normalized spacial score (nSPS) is 18.6. The number of piperidine rings is 1. The van der Waals surface area contributed by atoms with Crippen LogP contribution < -0.4 is 5.32 Å². The van der Waals surface area contributed by atoms with E-state index < -0.39 is 10.0 Å². The molecule has 0 saturated carbocycles. The Hall–Kier alpha value is -1.89. The molecule has 4 rings (SSSR count). The summed E-state index contributed by atoms with van der Waals surface area (Å²) in [5, 5.41) is 3.57. The van der Waals surface area contributed by atoms with Gasteiger partial charge in [-0.25, -0.2) is 8.42 Å². The van der Waals surface area contributed by atoms with Crippen molar-refractivity contribution in [2.45, 2.75) is 50.7 Å². The summed E-state index contributed by atoms with van der Waals surface area (Å²) in [5.41, 5.74) is 7.36. The van der Waals surface area contributed by atoms with Crippen LogP contribution in [0.5, 0.6) is 0 Å². The zero-order chi connectivity index (χ0) is 20.6. The van der Waals surface area contributed by atoms with Crippen molar-refractivity contribution in [2.24, 2.45) is 0 Å². The lowest BCUT2D eigenvalue weighted by Crippen LogP contribution is -2.35. The molecule has 29 heavy (non-hydrogen) atoms. The van der Waals surface area contributed by atoms with Crippen molar-refractivity contribution >= 4 is 27.0 Å². The molecule has 1 aliphatic heterocycles. The number of hydrogen-bond acceptors (Lipinski definition) is 4. The lowest BCUT2D eigenvalue weighted by atomic mass is 10.1. The fourth-order valence-corrected chi connectivity index (χ4v) is 7.07. The maximum atomic E-state index is 12.9. The van der Waals surface area contributed by atoms with Gasteiger partial charge in [-0.15, -0.1) is 11.3 Å². The molecule has 154 valence electrons. The van der Waals surface area contributed by atoms with Crippen molar-refractivity contribution in [3.05, 3.63) is 58.8 Å². The second kappa shape index (κ2) is 8.09. The molecule has 1 aromatic heterocycles. The van der Waals surface area contributed by atoms with E-state index in [4.69, 9.17) is 0 Å². The number of thiophene rings is 1. The van der Waals surface area contributed by atoms with Crippen molar-refractivity contribution in [1.82, 2.24) is 4.31 Å². The molecule has 1 fully saturated rings. The first-order chi connectivity index (χ1) is 13.9. The summed E-state index contributed by atoms with van der Waals surface area (Å²) < 4.78 is 28.0. The summed E-state index contributed by atoms with van der Waals surface area (Å²) in [6, 6.07) is 11.9. The molecule has 2 aliphatic rings. The lowest BCUT2D eigenvalue weighted by Gasteiger charge is -2.25. The smallest absolute Gasteiger partial charge is 0.252 e. The van der Waals surface area contributed by atoms with Gasteiger partial charge in [0.25, 0.3) is 10.0 Å². The third-order valence-corrected chi connectivity index (χ3v) is 9.38. The standard InChI is InChI=1S/C23H28N2O2S2/c1-16-14-17(2)23(18(16)3)24-20-9-7-8-19(15-20)21-10-11-22(28-21)29(26,27)25-12-5-4-6-13-25/h7-11,15,24H,4-6,12-14H2,1-3H3. The van der Waals surface area contributed by atoms with Gasteiger partial charge in [0.15, 0.2) is 0 Å². The van der Waals surface area contributed by atoms with E-state index in [-0.39, 0.29) is 0 Å². The van der Waals surface area contributed by atoms with Gasteiger partial charge in [0, 0.05) is 29.4 Å². The minimum atomic E-state index is -3.38. The number of sulfonamides is 1. The molecule has 0 amide bonds. The number of nitrogens with zero attached hydrogens (tertiary/aromatic N) is 1. The first-order valence-corrected chi connectivity index (χ1v) is 12.5. The molecule has 6 heteroatoms. The van der Waals surface area contributed by atoms with Gasteiger partial charge < -0.3 is 5.32 Å². The summed E-state index contributed by atoms with van der Waals surface area (Å²) in [4.78, 5) is 0.977. The maximum Gasteiger partial charge on any atom is 0.252 e. The molecule has 0 atom stereocenters. The Kier molecular flexibility index (Phi) is 5.69. The van der Waals surface area contributed by atoms with E-state index in [1.165, 1.54) is 33.8 Å². The fraction of sp³-hybridized carbons (Fsp3) is 0.391. The highest BCUT2D eigenvalue weighted by molar-refractivity contribution is 7.91.